The van der Waals surface area contributed by atoms with Gasteiger partial charge in [0.25, 0.3) is 0 Å². The average molecular weight is 351 g/mol. The van der Waals surface area contributed by atoms with Gasteiger partial charge in [-0.2, -0.15) is 5.10 Å². The van der Waals surface area contributed by atoms with Gasteiger partial charge in [0.05, 0.1) is 17.4 Å². The molecule has 5 nitrogen and oxygen atoms in total. The predicted octanol–water partition coefficient (Wildman–Crippen LogP) is 2.90. The van der Waals surface area contributed by atoms with Crippen molar-refractivity contribution in [3.05, 3.63) is 47.3 Å². The second-order valence-corrected chi connectivity index (χ2v) is 6.03. The minimum atomic E-state index is -0.468. The van der Waals surface area contributed by atoms with Gasteiger partial charge in [-0.3, -0.25) is 4.79 Å². The van der Waals surface area contributed by atoms with Crippen molar-refractivity contribution in [3.8, 4) is 5.69 Å². The molecule has 1 aromatic heterocycles. The molecule has 24 heavy (non-hydrogen) atoms. The zero-order valence-electron chi connectivity index (χ0n) is 14.7. The quantitative estimate of drug-likeness (QED) is 0.841. The number of amides is 1. The number of para-hydroxylation sites is 1. The molecule has 1 amide bonds. The van der Waals surface area contributed by atoms with Gasteiger partial charge in [-0.1, -0.05) is 38.5 Å². The van der Waals surface area contributed by atoms with Crippen LogP contribution >= 0.6 is 12.4 Å². The number of halogens is 1. The van der Waals surface area contributed by atoms with Crippen LogP contribution in [0.5, 0.6) is 0 Å². The fourth-order valence-electron chi connectivity index (χ4n) is 2.56. The topological polar surface area (TPSA) is 72.9 Å². The van der Waals surface area contributed by atoms with Gasteiger partial charge < -0.3 is 11.1 Å². The molecular formula is C18H27ClN4O. The number of nitrogens with zero attached hydrogens (tertiary/aromatic N) is 2. The van der Waals surface area contributed by atoms with Crippen molar-refractivity contribution in [2.75, 3.05) is 0 Å². The summed E-state index contributed by atoms with van der Waals surface area (Å²) < 4.78 is 1.91. The van der Waals surface area contributed by atoms with Crippen molar-refractivity contribution in [3.63, 3.8) is 0 Å². The first-order chi connectivity index (χ1) is 11.0. The van der Waals surface area contributed by atoms with Gasteiger partial charge in [-0.05, 0) is 31.9 Å². The fraction of sp³-hybridized carbons (Fsp3) is 0.444. The van der Waals surface area contributed by atoms with E-state index in [4.69, 9.17) is 5.73 Å². The van der Waals surface area contributed by atoms with Crippen molar-refractivity contribution in [2.45, 2.75) is 46.7 Å². The molecule has 1 aromatic carbocycles. The Labute approximate surface area is 150 Å². The number of aryl methyl sites for hydroxylation is 1. The molecule has 0 spiro atoms. The lowest BCUT2D eigenvalue weighted by atomic mass is 9.99. The lowest BCUT2D eigenvalue weighted by molar-refractivity contribution is -0.123. The number of nitrogens with one attached hydrogen (secondary N) is 1. The molecule has 0 aliphatic rings. The van der Waals surface area contributed by atoms with E-state index >= 15 is 0 Å². The van der Waals surface area contributed by atoms with E-state index in [1.807, 2.05) is 62.7 Å². The summed E-state index contributed by atoms with van der Waals surface area (Å²) in [4.78, 5) is 12.2. The monoisotopic (exact) mass is 350 g/mol. The van der Waals surface area contributed by atoms with Crippen LogP contribution in [0.15, 0.2) is 30.3 Å². The molecule has 0 aliphatic heterocycles. The number of hydrogen-bond acceptors (Lipinski definition) is 3. The smallest absolute Gasteiger partial charge is 0.237 e. The Bertz CT molecular complexity index is 669. The number of aromatic nitrogens is 2. The van der Waals surface area contributed by atoms with Crippen LogP contribution in [0.4, 0.5) is 0 Å². The molecule has 0 saturated carbocycles. The van der Waals surface area contributed by atoms with E-state index in [2.05, 4.69) is 10.4 Å². The summed E-state index contributed by atoms with van der Waals surface area (Å²) in [5.41, 5.74) is 9.98. The summed E-state index contributed by atoms with van der Waals surface area (Å²) in [6.07, 6.45) is 0.887. The molecule has 0 fully saturated rings. The van der Waals surface area contributed by atoms with E-state index in [0.29, 0.717) is 6.54 Å². The molecule has 2 rings (SSSR count). The summed E-state index contributed by atoms with van der Waals surface area (Å²) in [6.45, 7) is 8.46. The summed E-state index contributed by atoms with van der Waals surface area (Å²) in [5, 5.41) is 7.53. The number of nitrogens with two attached hydrogens (primary N) is 1. The summed E-state index contributed by atoms with van der Waals surface area (Å²) in [5.74, 6) is 0.0647. The molecule has 2 aromatic rings. The molecule has 6 heteroatoms. The maximum atomic E-state index is 12.2. The maximum Gasteiger partial charge on any atom is 0.237 e. The van der Waals surface area contributed by atoms with Gasteiger partial charge in [-0.15, -0.1) is 12.4 Å². The van der Waals surface area contributed by atoms with E-state index in [9.17, 15) is 4.79 Å². The Kier molecular flexibility index (Phi) is 7.45. The molecule has 2 atom stereocenters. The van der Waals surface area contributed by atoms with Crippen molar-refractivity contribution in [2.24, 2.45) is 11.7 Å². The highest BCUT2D eigenvalue weighted by Crippen LogP contribution is 2.17. The van der Waals surface area contributed by atoms with Gasteiger partial charge in [0.1, 0.15) is 0 Å². The predicted molar refractivity (Wildman–Crippen MR) is 99.6 cm³/mol. The van der Waals surface area contributed by atoms with Gasteiger partial charge in [0, 0.05) is 17.8 Å². The number of benzene rings is 1. The number of hydrogen-bond donors (Lipinski definition) is 2. The molecule has 1 heterocycles. The third-order valence-corrected chi connectivity index (χ3v) is 4.44. The Morgan fingerprint density at radius 2 is 1.92 bits per heavy atom. The van der Waals surface area contributed by atoms with Gasteiger partial charge in [0.15, 0.2) is 0 Å². The van der Waals surface area contributed by atoms with Crippen LogP contribution in [0.3, 0.4) is 0 Å². The van der Waals surface area contributed by atoms with Gasteiger partial charge >= 0.3 is 0 Å². The van der Waals surface area contributed by atoms with Crippen LogP contribution in [-0.4, -0.2) is 21.7 Å². The highest BCUT2D eigenvalue weighted by Gasteiger charge is 2.20. The third kappa shape index (κ3) is 4.36. The van der Waals surface area contributed by atoms with E-state index in [1.54, 1.807) is 0 Å². The standard InChI is InChI=1S/C18H26N4O.ClH/c1-5-12(2)17(19)18(23)20-11-16-13(3)21-22(14(16)4)15-9-7-6-8-10-15;/h6-10,12,17H,5,11,19H2,1-4H3,(H,20,23);1H. The van der Waals surface area contributed by atoms with Crippen LogP contribution < -0.4 is 11.1 Å². The lowest BCUT2D eigenvalue weighted by Crippen LogP contribution is -2.44. The van der Waals surface area contributed by atoms with Crippen LogP contribution in [0.25, 0.3) is 5.69 Å². The Morgan fingerprint density at radius 1 is 1.29 bits per heavy atom. The van der Waals surface area contributed by atoms with Crippen molar-refractivity contribution in [1.82, 2.24) is 15.1 Å². The zero-order chi connectivity index (χ0) is 17.0. The van der Waals surface area contributed by atoms with Crippen molar-refractivity contribution < 1.29 is 4.79 Å². The Hall–Kier alpha value is -1.85. The maximum absolute atomic E-state index is 12.2. The average Bonchev–Trinajstić information content (AvgIpc) is 2.86. The first-order valence-corrected chi connectivity index (χ1v) is 8.09. The van der Waals surface area contributed by atoms with E-state index < -0.39 is 6.04 Å². The van der Waals surface area contributed by atoms with Crippen LogP contribution in [0.2, 0.25) is 0 Å². The molecule has 0 aliphatic carbocycles. The van der Waals surface area contributed by atoms with Crippen LogP contribution in [-0.2, 0) is 11.3 Å². The zero-order valence-corrected chi connectivity index (χ0v) is 15.6. The third-order valence-electron chi connectivity index (χ3n) is 4.44. The summed E-state index contributed by atoms with van der Waals surface area (Å²) in [7, 11) is 0. The minimum absolute atomic E-state index is 0. The van der Waals surface area contributed by atoms with E-state index in [0.717, 1.165) is 29.1 Å². The highest BCUT2D eigenvalue weighted by atomic mass is 35.5. The number of rotatable bonds is 6. The van der Waals surface area contributed by atoms with Gasteiger partial charge in [-0.25, -0.2) is 4.68 Å². The number of carbonyl (C=O) groups is 1. The molecule has 0 bridgehead atoms. The number of carbonyl (C=O) groups excluding carboxylic acids is 1. The molecule has 3 N–H and O–H groups in total. The van der Waals surface area contributed by atoms with Gasteiger partial charge in [0.2, 0.25) is 5.91 Å². The van der Waals surface area contributed by atoms with E-state index in [-0.39, 0.29) is 24.2 Å². The van der Waals surface area contributed by atoms with E-state index in [1.165, 1.54) is 0 Å². The Morgan fingerprint density at radius 3 is 2.50 bits per heavy atom. The summed E-state index contributed by atoms with van der Waals surface area (Å²) in [6, 6.07) is 9.51. The first kappa shape index (κ1) is 20.2. The largest absolute Gasteiger partial charge is 0.351 e. The Balaban J connectivity index is 0.00000288. The summed E-state index contributed by atoms with van der Waals surface area (Å²) >= 11 is 0. The molecular weight excluding hydrogens is 324 g/mol. The fourth-order valence-corrected chi connectivity index (χ4v) is 2.56. The lowest BCUT2D eigenvalue weighted by Gasteiger charge is -2.17. The first-order valence-electron chi connectivity index (χ1n) is 8.09. The molecule has 0 saturated heterocycles. The second-order valence-electron chi connectivity index (χ2n) is 6.03. The van der Waals surface area contributed by atoms with Crippen molar-refractivity contribution >= 4 is 18.3 Å². The van der Waals surface area contributed by atoms with Crippen LogP contribution in [0, 0.1) is 19.8 Å². The highest BCUT2D eigenvalue weighted by molar-refractivity contribution is 5.85. The molecule has 2 unspecified atom stereocenters. The second kappa shape index (κ2) is 8.85. The normalized spacial score (nSPS) is 13.0. The minimum Gasteiger partial charge on any atom is -0.351 e. The SMILES string of the molecule is CCC(C)C(N)C(=O)NCc1c(C)nn(-c2ccccc2)c1C.Cl. The molecule has 132 valence electrons. The van der Waals surface area contributed by atoms with Crippen molar-refractivity contribution in [1.29, 1.82) is 0 Å². The van der Waals surface area contributed by atoms with Crippen LogP contribution in [0.1, 0.15) is 37.2 Å². The molecule has 0 radical (unpaired) electrons.